The molecule has 1 rings (SSSR count). The van der Waals surface area contributed by atoms with Gasteiger partial charge in [0.2, 0.25) is 5.91 Å². The molecule has 2 amide bonds. The predicted molar refractivity (Wildman–Crippen MR) is 57.3 cm³/mol. The molecule has 0 fully saturated rings. The van der Waals surface area contributed by atoms with Gasteiger partial charge in [0.25, 0.3) is 5.91 Å². The Hall–Kier alpha value is -2.17. The lowest BCUT2D eigenvalue weighted by molar-refractivity contribution is -0.125. The van der Waals surface area contributed by atoms with Gasteiger partial charge in [-0.3, -0.25) is 9.59 Å². The van der Waals surface area contributed by atoms with Crippen molar-refractivity contribution in [2.75, 3.05) is 5.73 Å². The van der Waals surface area contributed by atoms with Gasteiger partial charge < -0.3 is 11.5 Å². The van der Waals surface area contributed by atoms with Crippen molar-refractivity contribution < 1.29 is 9.59 Å². The van der Waals surface area contributed by atoms with Crippen molar-refractivity contribution in [3.63, 3.8) is 0 Å². The molecule has 1 aromatic carbocycles. The molecule has 0 aliphatic heterocycles. The lowest BCUT2D eigenvalue weighted by atomic mass is 10.2. The molecule has 0 radical (unpaired) electrons. The third-order valence-corrected chi connectivity index (χ3v) is 1.62. The van der Waals surface area contributed by atoms with Crippen LogP contribution in [0.3, 0.4) is 0 Å². The van der Waals surface area contributed by atoms with Gasteiger partial charge in [-0.25, -0.2) is 4.99 Å². The Bertz CT molecular complexity index is 396. The van der Waals surface area contributed by atoms with E-state index >= 15 is 0 Å². The average Bonchev–Trinajstić information content (AvgIpc) is 2.16. The van der Waals surface area contributed by atoms with E-state index in [1.807, 2.05) is 0 Å². The fourth-order valence-corrected chi connectivity index (χ4v) is 0.923. The van der Waals surface area contributed by atoms with E-state index in [0.717, 1.165) is 5.56 Å². The number of anilines is 1. The Labute approximate surface area is 86.8 Å². The first-order chi connectivity index (χ1) is 7.08. The summed E-state index contributed by atoms with van der Waals surface area (Å²) in [5.41, 5.74) is 11.7. The first kappa shape index (κ1) is 10.9. The molecule has 0 unspecified atom stereocenters. The number of benzene rings is 1. The van der Waals surface area contributed by atoms with Gasteiger partial charge in [0.15, 0.2) is 0 Å². The number of carbonyl (C=O) groups is 2. The SMILES string of the molecule is NC(=O)CC(=O)N=Cc1ccc(N)cc1. The van der Waals surface area contributed by atoms with E-state index < -0.39 is 11.8 Å². The van der Waals surface area contributed by atoms with E-state index in [0.29, 0.717) is 5.69 Å². The van der Waals surface area contributed by atoms with Crippen LogP contribution in [0.15, 0.2) is 29.3 Å². The van der Waals surface area contributed by atoms with Crippen LogP contribution < -0.4 is 11.5 Å². The molecule has 1 aromatic rings. The number of hydrogen-bond donors (Lipinski definition) is 2. The molecule has 5 nitrogen and oxygen atoms in total. The normalized spacial score (nSPS) is 10.4. The minimum Gasteiger partial charge on any atom is -0.399 e. The van der Waals surface area contributed by atoms with Crippen LogP contribution in [0.2, 0.25) is 0 Å². The second-order valence-corrected chi connectivity index (χ2v) is 2.96. The lowest BCUT2D eigenvalue weighted by Gasteiger charge is -1.93. The van der Waals surface area contributed by atoms with Gasteiger partial charge in [-0.2, -0.15) is 0 Å². The number of primary amides is 1. The van der Waals surface area contributed by atoms with E-state index in [1.54, 1.807) is 24.3 Å². The first-order valence-corrected chi connectivity index (χ1v) is 4.28. The zero-order valence-electron chi connectivity index (χ0n) is 8.01. The van der Waals surface area contributed by atoms with Crippen molar-refractivity contribution >= 4 is 23.7 Å². The number of aliphatic imine (C=N–C) groups is 1. The summed E-state index contributed by atoms with van der Waals surface area (Å²) < 4.78 is 0. The highest BCUT2D eigenvalue weighted by Crippen LogP contribution is 2.02. The molecule has 0 saturated heterocycles. The maximum atomic E-state index is 11.0. The van der Waals surface area contributed by atoms with Gasteiger partial charge in [-0.1, -0.05) is 12.1 Å². The summed E-state index contributed by atoms with van der Waals surface area (Å²) in [6.45, 7) is 0. The van der Waals surface area contributed by atoms with E-state index in [2.05, 4.69) is 4.99 Å². The van der Waals surface area contributed by atoms with E-state index in [9.17, 15) is 9.59 Å². The Kier molecular flexibility index (Phi) is 3.56. The summed E-state index contributed by atoms with van der Waals surface area (Å²) in [6, 6.07) is 6.83. The minimum absolute atomic E-state index is 0.370. The average molecular weight is 205 g/mol. The third kappa shape index (κ3) is 4.04. The van der Waals surface area contributed by atoms with E-state index in [4.69, 9.17) is 11.5 Å². The molecular formula is C10H11N3O2. The van der Waals surface area contributed by atoms with Gasteiger partial charge in [0.1, 0.15) is 6.42 Å². The van der Waals surface area contributed by atoms with Gasteiger partial charge in [-0.15, -0.1) is 0 Å². The Morgan fingerprint density at radius 2 is 1.87 bits per heavy atom. The maximum Gasteiger partial charge on any atom is 0.255 e. The summed E-state index contributed by atoms with van der Waals surface area (Å²) in [5, 5.41) is 0. The van der Waals surface area contributed by atoms with Crippen molar-refractivity contribution in [2.24, 2.45) is 10.7 Å². The topological polar surface area (TPSA) is 98.5 Å². The van der Waals surface area contributed by atoms with Crippen LogP contribution in [0.4, 0.5) is 5.69 Å². The van der Waals surface area contributed by atoms with Crippen LogP contribution in [-0.4, -0.2) is 18.0 Å². The second-order valence-electron chi connectivity index (χ2n) is 2.96. The largest absolute Gasteiger partial charge is 0.399 e. The third-order valence-electron chi connectivity index (χ3n) is 1.62. The zero-order chi connectivity index (χ0) is 11.3. The van der Waals surface area contributed by atoms with E-state index in [-0.39, 0.29) is 6.42 Å². The smallest absolute Gasteiger partial charge is 0.255 e. The minimum atomic E-state index is -0.686. The molecule has 0 spiro atoms. The van der Waals surface area contributed by atoms with Crippen LogP contribution in [-0.2, 0) is 9.59 Å². The van der Waals surface area contributed by atoms with Crippen molar-refractivity contribution in [2.45, 2.75) is 6.42 Å². The van der Waals surface area contributed by atoms with Gasteiger partial charge in [-0.05, 0) is 17.7 Å². The quantitative estimate of drug-likeness (QED) is 0.415. The summed E-state index contributed by atoms with van der Waals surface area (Å²) in [4.78, 5) is 24.9. The highest BCUT2D eigenvalue weighted by atomic mass is 16.2. The zero-order valence-corrected chi connectivity index (χ0v) is 8.01. The molecule has 4 N–H and O–H groups in total. The first-order valence-electron chi connectivity index (χ1n) is 4.28. The van der Waals surface area contributed by atoms with Crippen LogP contribution in [0.25, 0.3) is 0 Å². The summed E-state index contributed by atoms with van der Waals surface area (Å²) in [6.07, 6.45) is 0.996. The Morgan fingerprint density at radius 3 is 2.40 bits per heavy atom. The van der Waals surface area contributed by atoms with Crippen molar-refractivity contribution in [3.05, 3.63) is 29.8 Å². The number of hydrogen-bond acceptors (Lipinski definition) is 3. The fraction of sp³-hybridized carbons (Fsp3) is 0.100. The highest BCUT2D eigenvalue weighted by Gasteiger charge is 2.02. The van der Waals surface area contributed by atoms with Crippen LogP contribution in [0, 0.1) is 0 Å². The molecule has 0 atom stereocenters. The molecule has 0 aromatic heterocycles. The summed E-state index contributed by atoms with van der Waals surface area (Å²) in [7, 11) is 0. The molecule has 0 saturated carbocycles. The van der Waals surface area contributed by atoms with Crippen LogP contribution in [0.1, 0.15) is 12.0 Å². The predicted octanol–water partition coefficient (Wildman–Crippen LogP) is 0.0897. The number of nitrogens with two attached hydrogens (primary N) is 2. The molecule has 0 bridgehead atoms. The number of nitrogen functional groups attached to an aromatic ring is 1. The van der Waals surface area contributed by atoms with Crippen molar-refractivity contribution in [3.8, 4) is 0 Å². The van der Waals surface area contributed by atoms with Crippen LogP contribution >= 0.6 is 0 Å². The van der Waals surface area contributed by atoms with Gasteiger partial charge >= 0.3 is 0 Å². The number of nitrogens with zero attached hydrogens (tertiary/aromatic N) is 1. The van der Waals surface area contributed by atoms with Gasteiger partial charge in [0, 0.05) is 11.9 Å². The molecule has 15 heavy (non-hydrogen) atoms. The van der Waals surface area contributed by atoms with E-state index in [1.165, 1.54) is 6.21 Å². The van der Waals surface area contributed by atoms with Crippen molar-refractivity contribution in [1.29, 1.82) is 0 Å². The second kappa shape index (κ2) is 4.90. The monoisotopic (exact) mass is 205 g/mol. The molecular weight excluding hydrogens is 194 g/mol. The Balaban J connectivity index is 2.61. The number of amides is 2. The highest BCUT2D eigenvalue weighted by molar-refractivity contribution is 6.01. The van der Waals surface area contributed by atoms with Crippen LogP contribution in [0.5, 0.6) is 0 Å². The maximum absolute atomic E-state index is 11.0. The molecule has 0 aliphatic carbocycles. The molecule has 0 heterocycles. The standard InChI is InChI=1S/C10H11N3O2/c11-8-3-1-7(2-4-8)6-13-10(15)5-9(12)14/h1-4,6H,5,11H2,(H2,12,14). The fourth-order valence-electron chi connectivity index (χ4n) is 0.923. The van der Waals surface area contributed by atoms with Crippen molar-refractivity contribution in [1.82, 2.24) is 0 Å². The molecule has 0 aliphatic rings. The summed E-state index contributed by atoms with van der Waals surface area (Å²) >= 11 is 0. The van der Waals surface area contributed by atoms with Gasteiger partial charge in [0.05, 0.1) is 0 Å². The molecule has 78 valence electrons. The number of rotatable bonds is 3. The molecule has 5 heteroatoms. The summed E-state index contributed by atoms with van der Waals surface area (Å²) in [5.74, 6) is -1.24. The lowest BCUT2D eigenvalue weighted by Crippen LogP contribution is -2.14. The number of carbonyl (C=O) groups excluding carboxylic acids is 2. The Morgan fingerprint density at radius 1 is 1.27 bits per heavy atom.